The van der Waals surface area contributed by atoms with Crippen molar-refractivity contribution in [3.05, 3.63) is 35.9 Å². The first-order chi connectivity index (χ1) is 9.96. The average Bonchev–Trinajstić information content (AvgIpc) is 2.92. The minimum Gasteiger partial charge on any atom is -0.458 e. The van der Waals surface area contributed by atoms with Crippen molar-refractivity contribution in [2.24, 2.45) is 0 Å². The number of carbonyl (C=O) groups is 2. The van der Waals surface area contributed by atoms with Gasteiger partial charge in [0.25, 0.3) is 0 Å². The van der Waals surface area contributed by atoms with E-state index in [2.05, 4.69) is 0 Å². The van der Waals surface area contributed by atoms with Crippen LogP contribution in [0.5, 0.6) is 0 Å². The first kappa shape index (κ1) is 14.0. The molecule has 0 unspecified atom stereocenters. The lowest BCUT2D eigenvalue weighted by molar-refractivity contribution is -0.189. The Balaban J connectivity index is 1.61. The SMILES string of the molecule is CC1(C)O[C@@H]2[C@@H](COC(=O)c3ccccc3)OC(=O)[C@@H]2O1. The fraction of sp³-hybridized carbons (Fsp3) is 0.467. The number of fused-ring (bicyclic) bond motifs is 1. The van der Waals surface area contributed by atoms with Gasteiger partial charge in [0.15, 0.2) is 18.0 Å². The summed E-state index contributed by atoms with van der Waals surface area (Å²) in [6, 6.07) is 8.62. The lowest BCUT2D eigenvalue weighted by atomic mass is 10.1. The molecule has 2 aliphatic heterocycles. The molecule has 2 saturated heterocycles. The van der Waals surface area contributed by atoms with E-state index in [1.807, 2.05) is 6.07 Å². The van der Waals surface area contributed by atoms with E-state index in [4.69, 9.17) is 18.9 Å². The summed E-state index contributed by atoms with van der Waals surface area (Å²) in [7, 11) is 0. The van der Waals surface area contributed by atoms with E-state index < -0.39 is 36.0 Å². The summed E-state index contributed by atoms with van der Waals surface area (Å²) in [6.45, 7) is 3.40. The molecule has 2 fully saturated rings. The quantitative estimate of drug-likeness (QED) is 0.782. The van der Waals surface area contributed by atoms with Gasteiger partial charge in [-0.2, -0.15) is 0 Å². The zero-order chi connectivity index (χ0) is 15.0. The van der Waals surface area contributed by atoms with Gasteiger partial charge in [-0.25, -0.2) is 9.59 Å². The highest BCUT2D eigenvalue weighted by Crippen LogP contribution is 2.36. The lowest BCUT2D eigenvalue weighted by Crippen LogP contribution is -2.33. The predicted molar refractivity (Wildman–Crippen MR) is 70.4 cm³/mol. The second-order valence-electron chi connectivity index (χ2n) is 5.46. The van der Waals surface area contributed by atoms with E-state index in [0.717, 1.165) is 0 Å². The molecule has 0 aromatic heterocycles. The number of rotatable bonds is 3. The number of cyclic esters (lactones) is 1. The van der Waals surface area contributed by atoms with Gasteiger partial charge >= 0.3 is 11.9 Å². The first-order valence-corrected chi connectivity index (χ1v) is 6.74. The van der Waals surface area contributed by atoms with Crippen LogP contribution in [0.25, 0.3) is 0 Å². The molecule has 0 aliphatic carbocycles. The predicted octanol–water partition coefficient (Wildman–Crippen LogP) is 1.29. The van der Waals surface area contributed by atoms with Crippen LogP contribution in [-0.2, 0) is 23.7 Å². The van der Waals surface area contributed by atoms with Crippen LogP contribution in [0.3, 0.4) is 0 Å². The van der Waals surface area contributed by atoms with Crippen molar-refractivity contribution in [2.75, 3.05) is 6.61 Å². The molecule has 1 aromatic carbocycles. The maximum absolute atomic E-state index is 11.9. The number of carbonyl (C=O) groups excluding carboxylic acids is 2. The van der Waals surface area contributed by atoms with Crippen LogP contribution >= 0.6 is 0 Å². The minimum atomic E-state index is -0.837. The third kappa shape index (κ3) is 2.77. The molecular formula is C15H16O6. The van der Waals surface area contributed by atoms with Gasteiger partial charge in [0.2, 0.25) is 0 Å². The van der Waals surface area contributed by atoms with Crippen LogP contribution in [0.15, 0.2) is 30.3 Å². The van der Waals surface area contributed by atoms with Gasteiger partial charge in [0.05, 0.1) is 5.56 Å². The molecule has 3 rings (SSSR count). The second-order valence-corrected chi connectivity index (χ2v) is 5.46. The number of esters is 2. The van der Waals surface area contributed by atoms with Crippen LogP contribution < -0.4 is 0 Å². The molecule has 0 bridgehead atoms. The van der Waals surface area contributed by atoms with E-state index >= 15 is 0 Å². The molecule has 3 atom stereocenters. The highest BCUT2D eigenvalue weighted by atomic mass is 16.8. The smallest absolute Gasteiger partial charge is 0.338 e. The average molecular weight is 292 g/mol. The number of hydrogen-bond acceptors (Lipinski definition) is 6. The maximum atomic E-state index is 11.9. The van der Waals surface area contributed by atoms with E-state index in [1.54, 1.807) is 38.1 Å². The summed E-state index contributed by atoms with van der Waals surface area (Å²) < 4.78 is 21.4. The Morgan fingerprint density at radius 2 is 1.95 bits per heavy atom. The largest absolute Gasteiger partial charge is 0.458 e. The third-order valence-corrected chi connectivity index (χ3v) is 3.38. The van der Waals surface area contributed by atoms with Crippen molar-refractivity contribution < 1.29 is 28.5 Å². The maximum Gasteiger partial charge on any atom is 0.338 e. The molecule has 6 heteroatoms. The standard InChI is InChI=1S/C15H16O6/c1-15(2)20-11-10(19-14(17)12(11)21-15)8-18-13(16)9-6-4-3-5-7-9/h3-7,10-12H,8H2,1-2H3/t10-,11-,12-/m1/s1. The fourth-order valence-corrected chi connectivity index (χ4v) is 2.47. The molecule has 112 valence electrons. The Labute approximate surface area is 121 Å². The van der Waals surface area contributed by atoms with Crippen molar-refractivity contribution in [3.63, 3.8) is 0 Å². The van der Waals surface area contributed by atoms with Crippen LogP contribution in [0.4, 0.5) is 0 Å². The van der Waals surface area contributed by atoms with Gasteiger partial charge in [-0.05, 0) is 26.0 Å². The Bertz CT molecular complexity index is 553. The van der Waals surface area contributed by atoms with Crippen molar-refractivity contribution in [1.82, 2.24) is 0 Å². The normalized spacial score (nSPS) is 29.8. The first-order valence-electron chi connectivity index (χ1n) is 6.74. The Morgan fingerprint density at radius 1 is 1.24 bits per heavy atom. The Kier molecular flexibility index (Phi) is 3.43. The molecule has 0 amide bonds. The summed E-state index contributed by atoms with van der Waals surface area (Å²) in [5, 5.41) is 0. The summed E-state index contributed by atoms with van der Waals surface area (Å²) in [5.74, 6) is -1.78. The molecule has 0 saturated carbocycles. The molecule has 2 aliphatic rings. The highest BCUT2D eigenvalue weighted by molar-refractivity contribution is 5.89. The number of benzene rings is 1. The van der Waals surface area contributed by atoms with E-state index in [9.17, 15) is 9.59 Å². The highest BCUT2D eigenvalue weighted by Gasteiger charge is 2.56. The lowest BCUT2D eigenvalue weighted by Gasteiger charge is -2.21. The Hall–Kier alpha value is -1.92. The van der Waals surface area contributed by atoms with Crippen molar-refractivity contribution in [3.8, 4) is 0 Å². The van der Waals surface area contributed by atoms with Crippen molar-refractivity contribution in [1.29, 1.82) is 0 Å². The molecule has 0 spiro atoms. The van der Waals surface area contributed by atoms with Crippen LogP contribution in [-0.4, -0.2) is 42.6 Å². The third-order valence-electron chi connectivity index (χ3n) is 3.38. The van der Waals surface area contributed by atoms with Crippen LogP contribution in [0, 0.1) is 0 Å². The number of ether oxygens (including phenoxy) is 4. The summed E-state index contributed by atoms with van der Waals surface area (Å²) in [5.41, 5.74) is 0.447. The van der Waals surface area contributed by atoms with Gasteiger partial charge < -0.3 is 18.9 Å². The topological polar surface area (TPSA) is 71.1 Å². The molecule has 2 heterocycles. The number of hydrogen-bond donors (Lipinski definition) is 0. The molecule has 0 radical (unpaired) electrons. The zero-order valence-electron chi connectivity index (χ0n) is 11.8. The summed E-state index contributed by atoms with van der Waals surface area (Å²) in [6.07, 6.45) is -1.94. The summed E-state index contributed by atoms with van der Waals surface area (Å²) >= 11 is 0. The van der Waals surface area contributed by atoms with Gasteiger partial charge in [-0.15, -0.1) is 0 Å². The van der Waals surface area contributed by atoms with Crippen molar-refractivity contribution >= 4 is 11.9 Å². The second kappa shape index (κ2) is 5.13. The van der Waals surface area contributed by atoms with Gasteiger partial charge in [-0.3, -0.25) is 0 Å². The molecule has 1 aromatic rings. The molecule has 21 heavy (non-hydrogen) atoms. The molecule has 0 N–H and O–H groups in total. The van der Waals surface area contributed by atoms with Gasteiger partial charge in [0.1, 0.15) is 12.7 Å². The summed E-state index contributed by atoms with van der Waals surface area (Å²) in [4.78, 5) is 23.6. The van der Waals surface area contributed by atoms with Gasteiger partial charge in [-0.1, -0.05) is 18.2 Å². The van der Waals surface area contributed by atoms with E-state index in [-0.39, 0.29) is 6.61 Å². The molecule has 6 nitrogen and oxygen atoms in total. The van der Waals surface area contributed by atoms with E-state index in [0.29, 0.717) is 5.56 Å². The minimum absolute atomic E-state index is 0.0555. The van der Waals surface area contributed by atoms with Crippen molar-refractivity contribution in [2.45, 2.75) is 37.9 Å². The Morgan fingerprint density at radius 3 is 2.67 bits per heavy atom. The molecular weight excluding hydrogens is 276 g/mol. The monoisotopic (exact) mass is 292 g/mol. The zero-order valence-corrected chi connectivity index (χ0v) is 11.8. The van der Waals surface area contributed by atoms with Crippen LogP contribution in [0.2, 0.25) is 0 Å². The fourth-order valence-electron chi connectivity index (χ4n) is 2.47. The van der Waals surface area contributed by atoms with Gasteiger partial charge in [0, 0.05) is 0 Å². The van der Waals surface area contributed by atoms with E-state index in [1.165, 1.54) is 0 Å². The van der Waals surface area contributed by atoms with Crippen LogP contribution in [0.1, 0.15) is 24.2 Å².